The third-order valence-corrected chi connectivity index (χ3v) is 2.35. The summed E-state index contributed by atoms with van der Waals surface area (Å²) in [6.07, 6.45) is 4.53. The Morgan fingerprint density at radius 1 is 1.21 bits per heavy atom. The maximum atomic E-state index is 11.3. The van der Waals surface area contributed by atoms with Crippen LogP contribution in [-0.2, 0) is 4.79 Å². The van der Waals surface area contributed by atoms with Crippen molar-refractivity contribution in [3.05, 3.63) is 48.2 Å². The van der Waals surface area contributed by atoms with Gasteiger partial charge in [0.15, 0.2) is 0 Å². The minimum atomic E-state index is -0.825. The third-order valence-electron chi connectivity index (χ3n) is 2.35. The number of urea groups is 1. The molecular formula is C13H12N4O2. The minimum Gasteiger partial charge on any atom is -0.350 e. The molecule has 0 fully saturated rings. The van der Waals surface area contributed by atoms with Gasteiger partial charge in [0.2, 0.25) is 0 Å². The van der Waals surface area contributed by atoms with Gasteiger partial charge in [0, 0.05) is 17.7 Å². The number of hydrogen-bond donors (Lipinski definition) is 3. The predicted molar refractivity (Wildman–Crippen MR) is 71.6 cm³/mol. The Labute approximate surface area is 109 Å². The summed E-state index contributed by atoms with van der Waals surface area (Å²) in [5, 5.41) is 0.986. The smallest absolute Gasteiger partial charge is 0.330 e. The van der Waals surface area contributed by atoms with E-state index in [1.807, 2.05) is 35.8 Å². The second-order valence-corrected chi connectivity index (χ2v) is 3.77. The highest BCUT2D eigenvalue weighted by atomic mass is 16.2. The molecule has 0 spiro atoms. The summed E-state index contributed by atoms with van der Waals surface area (Å²) < 4.78 is 0. The van der Waals surface area contributed by atoms with Crippen LogP contribution < -0.4 is 16.6 Å². The summed E-state index contributed by atoms with van der Waals surface area (Å²) in [6.45, 7) is 0. The van der Waals surface area contributed by atoms with Crippen molar-refractivity contribution in [1.29, 1.82) is 0 Å². The molecule has 2 aromatic rings. The number of fused-ring (bicyclic) bond motifs is 1. The number of para-hydroxylation sites is 1. The molecule has 0 aliphatic carbocycles. The summed E-state index contributed by atoms with van der Waals surface area (Å²) in [5.41, 5.74) is 10.6. The number of primary amides is 1. The first-order chi connectivity index (χ1) is 9.15. The molecule has 4 N–H and O–H groups in total. The molecule has 0 saturated heterocycles. The van der Waals surface area contributed by atoms with Crippen LogP contribution in [0.2, 0.25) is 0 Å². The van der Waals surface area contributed by atoms with Crippen molar-refractivity contribution in [1.82, 2.24) is 15.8 Å². The average molecular weight is 256 g/mol. The van der Waals surface area contributed by atoms with E-state index in [9.17, 15) is 9.59 Å². The first kappa shape index (κ1) is 12.6. The van der Waals surface area contributed by atoms with Crippen LogP contribution >= 0.6 is 0 Å². The van der Waals surface area contributed by atoms with E-state index in [2.05, 4.69) is 10.4 Å². The topological polar surface area (TPSA) is 97.1 Å². The molecule has 0 bridgehead atoms. The molecular weight excluding hydrogens is 244 g/mol. The van der Waals surface area contributed by atoms with Gasteiger partial charge in [-0.15, -0.1) is 0 Å². The normalized spacial score (nSPS) is 10.5. The van der Waals surface area contributed by atoms with Crippen LogP contribution in [0.25, 0.3) is 17.0 Å². The van der Waals surface area contributed by atoms with Gasteiger partial charge in [-0.25, -0.2) is 10.2 Å². The molecule has 0 radical (unpaired) electrons. The third kappa shape index (κ3) is 3.53. The number of hydrazine groups is 1. The van der Waals surface area contributed by atoms with Crippen LogP contribution in [0.3, 0.4) is 0 Å². The highest BCUT2D eigenvalue weighted by molar-refractivity contribution is 5.93. The number of nitrogens with one attached hydrogen (secondary N) is 2. The molecule has 0 saturated carbocycles. The van der Waals surface area contributed by atoms with Gasteiger partial charge >= 0.3 is 6.03 Å². The zero-order valence-corrected chi connectivity index (χ0v) is 9.96. The average Bonchev–Trinajstić information content (AvgIpc) is 2.42. The summed E-state index contributed by atoms with van der Waals surface area (Å²) in [7, 11) is 0. The van der Waals surface area contributed by atoms with E-state index < -0.39 is 11.9 Å². The Kier molecular flexibility index (Phi) is 3.72. The first-order valence-corrected chi connectivity index (χ1v) is 5.53. The highest BCUT2D eigenvalue weighted by Crippen LogP contribution is 2.13. The number of carbonyl (C=O) groups is 2. The predicted octanol–water partition coefficient (Wildman–Crippen LogP) is 0.948. The van der Waals surface area contributed by atoms with E-state index in [0.29, 0.717) is 0 Å². The largest absolute Gasteiger partial charge is 0.350 e. The molecule has 1 aromatic heterocycles. The van der Waals surface area contributed by atoms with E-state index in [1.54, 1.807) is 12.3 Å². The van der Waals surface area contributed by atoms with Gasteiger partial charge in [-0.3, -0.25) is 15.2 Å². The second-order valence-electron chi connectivity index (χ2n) is 3.77. The zero-order chi connectivity index (χ0) is 13.7. The molecule has 3 amide bonds. The molecule has 0 aliphatic rings. The number of benzene rings is 1. The van der Waals surface area contributed by atoms with Crippen LogP contribution in [0.4, 0.5) is 4.79 Å². The molecule has 6 heteroatoms. The van der Waals surface area contributed by atoms with Crippen LogP contribution in [0.15, 0.2) is 42.6 Å². The van der Waals surface area contributed by atoms with Crippen molar-refractivity contribution in [2.75, 3.05) is 0 Å². The Bertz CT molecular complexity index is 652. The number of nitrogens with zero attached hydrogens (tertiary/aromatic N) is 1. The lowest BCUT2D eigenvalue weighted by molar-refractivity contribution is -0.117. The number of aromatic nitrogens is 1. The maximum absolute atomic E-state index is 11.3. The molecule has 96 valence electrons. The lowest BCUT2D eigenvalue weighted by Gasteiger charge is -2.00. The molecule has 1 aromatic carbocycles. The van der Waals surface area contributed by atoms with Gasteiger partial charge in [0.05, 0.1) is 5.52 Å². The summed E-state index contributed by atoms with van der Waals surface area (Å²) in [4.78, 5) is 25.9. The van der Waals surface area contributed by atoms with Crippen molar-refractivity contribution >= 4 is 28.9 Å². The van der Waals surface area contributed by atoms with E-state index in [4.69, 9.17) is 5.73 Å². The quantitative estimate of drug-likeness (QED) is 0.551. The lowest BCUT2D eigenvalue weighted by Crippen LogP contribution is -2.43. The van der Waals surface area contributed by atoms with Gasteiger partial charge in [0.25, 0.3) is 5.91 Å². The lowest BCUT2D eigenvalue weighted by atomic mass is 10.1. The van der Waals surface area contributed by atoms with Crippen molar-refractivity contribution in [2.24, 2.45) is 5.73 Å². The van der Waals surface area contributed by atoms with E-state index in [-0.39, 0.29) is 0 Å². The molecule has 6 nitrogen and oxygen atoms in total. The Hall–Kier alpha value is -2.89. The number of carbonyl (C=O) groups excluding carboxylic acids is 2. The van der Waals surface area contributed by atoms with Crippen molar-refractivity contribution in [3.8, 4) is 0 Å². The first-order valence-electron chi connectivity index (χ1n) is 5.53. The van der Waals surface area contributed by atoms with Crippen LogP contribution in [0.5, 0.6) is 0 Å². The number of amides is 3. The second kappa shape index (κ2) is 5.63. The SMILES string of the molecule is NC(=O)NNC(=O)/C=C/c1cnc2ccccc2c1. The van der Waals surface area contributed by atoms with E-state index in [1.165, 1.54) is 6.08 Å². The molecule has 2 rings (SSSR count). The van der Waals surface area contributed by atoms with Crippen LogP contribution in [0.1, 0.15) is 5.56 Å². The summed E-state index contributed by atoms with van der Waals surface area (Å²) in [5.74, 6) is -0.480. The molecule has 0 atom stereocenters. The Balaban J connectivity index is 2.08. The number of hydrogen-bond acceptors (Lipinski definition) is 3. The number of pyridine rings is 1. The zero-order valence-electron chi connectivity index (χ0n) is 9.96. The fourth-order valence-corrected chi connectivity index (χ4v) is 1.52. The fourth-order valence-electron chi connectivity index (χ4n) is 1.52. The van der Waals surface area contributed by atoms with Crippen LogP contribution in [0, 0.1) is 0 Å². The van der Waals surface area contributed by atoms with E-state index >= 15 is 0 Å². The Morgan fingerprint density at radius 3 is 2.79 bits per heavy atom. The molecule has 1 heterocycles. The van der Waals surface area contributed by atoms with Crippen LogP contribution in [-0.4, -0.2) is 16.9 Å². The van der Waals surface area contributed by atoms with Crippen molar-refractivity contribution < 1.29 is 9.59 Å². The number of nitrogens with two attached hydrogens (primary N) is 1. The Morgan fingerprint density at radius 2 is 2.00 bits per heavy atom. The van der Waals surface area contributed by atoms with Gasteiger partial charge in [-0.05, 0) is 23.8 Å². The standard InChI is InChI=1S/C13H12N4O2/c14-13(19)17-16-12(18)6-5-9-7-10-3-1-2-4-11(10)15-8-9/h1-8H,(H,16,18)(H3,14,17,19)/b6-5+. The summed E-state index contributed by atoms with van der Waals surface area (Å²) >= 11 is 0. The van der Waals surface area contributed by atoms with Gasteiger partial charge in [0.1, 0.15) is 0 Å². The monoisotopic (exact) mass is 256 g/mol. The minimum absolute atomic E-state index is 0.480. The molecule has 0 aliphatic heterocycles. The highest BCUT2D eigenvalue weighted by Gasteiger charge is 1.97. The van der Waals surface area contributed by atoms with Gasteiger partial charge < -0.3 is 5.73 Å². The molecule has 19 heavy (non-hydrogen) atoms. The number of rotatable bonds is 2. The van der Waals surface area contributed by atoms with Gasteiger partial charge in [-0.2, -0.15) is 0 Å². The van der Waals surface area contributed by atoms with E-state index in [0.717, 1.165) is 16.5 Å². The molecule has 0 unspecified atom stereocenters. The maximum Gasteiger partial charge on any atom is 0.330 e. The fraction of sp³-hybridized carbons (Fsp3) is 0. The van der Waals surface area contributed by atoms with Gasteiger partial charge in [-0.1, -0.05) is 18.2 Å². The summed E-state index contributed by atoms with van der Waals surface area (Å²) in [6, 6.07) is 8.76. The van der Waals surface area contributed by atoms with Crippen molar-refractivity contribution in [3.63, 3.8) is 0 Å². The van der Waals surface area contributed by atoms with Crippen molar-refractivity contribution in [2.45, 2.75) is 0 Å².